The maximum atomic E-state index is 13.1. The number of halogens is 2. The number of carbonyl (C=O) groups is 1. The van der Waals surface area contributed by atoms with E-state index in [0.29, 0.717) is 11.4 Å². The largest absolute Gasteiger partial charge is 0.323 e. The molecule has 0 radical (unpaired) electrons. The summed E-state index contributed by atoms with van der Waals surface area (Å²) in [5.41, 5.74) is 1.81. The van der Waals surface area contributed by atoms with Crippen molar-refractivity contribution in [2.45, 2.75) is 0 Å². The molecule has 132 valence electrons. The van der Waals surface area contributed by atoms with Gasteiger partial charge in [0.1, 0.15) is 0 Å². The number of nitrogens with one attached hydrogen (secondary N) is 2. The van der Waals surface area contributed by atoms with Crippen LogP contribution < -0.4 is 16.2 Å². The molecule has 0 saturated carbocycles. The highest BCUT2D eigenvalue weighted by molar-refractivity contribution is 5.99. The first-order chi connectivity index (χ1) is 12.4. The van der Waals surface area contributed by atoms with Crippen LogP contribution in [0.25, 0.3) is 11.3 Å². The minimum absolute atomic E-state index is 0.132. The maximum absolute atomic E-state index is 13.1. The van der Waals surface area contributed by atoms with E-state index in [1.54, 1.807) is 37.4 Å². The van der Waals surface area contributed by atoms with Gasteiger partial charge in [0.05, 0.1) is 5.69 Å². The van der Waals surface area contributed by atoms with Crippen molar-refractivity contribution in [2.75, 3.05) is 10.6 Å². The number of amides is 2. The molecule has 0 aliphatic heterocycles. The summed E-state index contributed by atoms with van der Waals surface area (Å²) < 4.78 is 27.3. The zero-order valence-corrected chi connectivity index (χ0v) is 13.7. The SMILES string of the molecule is Cn1nc(-c2ccc(NC(=O)Nc3ccc(F)c(F)c3)cc2)ccc1=O. The lowest BCUT2D eigenvalue weighted by atomic mass is 10.1. The lowest BCUT2D eigenvalue weighted by Gasteiger charge is -2.09. The van der Waals surface area contributed by atoms with Gasteiger partial charge in [-0.2, -0.15) is 5.10 Å². The van der Waals surface area contributed by atoms with Crippen LogP contribution in [-0.4, -0.2) is 15.8 Å². The highest BCUT2D eigenvalue weighted by Gasteiger charge is 2.07. The lowest BCUT2D eigenvalue weighted by Crippen LogP contribution is -2.19. The molecule has 26 heavy (non-hydrogen) atoms. The summed E-state index contributed by atoms with van der Waals surface area (Å²) >= 11 is 0. The molecule has 2 amide bonds. The van der Waals surface area contributed by atoms with Gasteiger partial charge in [-0.1, -0.05) is 12.1 Å². The van der Waals surface area contributed by atoms with Crippen LogP contribution in [0.5, 0.6) is 0 Å². The Balaban J connectivity index is 1.68. The van der Waals surface area contributed by atoms with Crippen molar-refractivity contribution >= 4 is 17.4 Å². The van der Waals surface area contributed by atoms with Gasteiger partial charge in [-0.05, 0) is 30.3 Å². The second-order valence-electron chi connectivity index (χ2n) is 5.47. The monoisotopic (exact) mass is 356 g/mol. The predicted molar refractivity (Wildman–Crippen MR) is 93.9 cm³/mol. The Bertz CT molecular complexity index is 1020. The van der Waals surface area contributed by atoms with Crippen LogP contribution in [0.4, 0.5) is 25.0 Å². The molecule has 6 nitrogen and oxygen atoms in total. The molecule has 3 rings (SSSR count). The Hall–Kier alpha value is -3.55. The Morgan fingerprint density at radius 3 is 2.23 bits per heavy atom. The van der Waals surface area contributed by atoms with E-state index in [2.05, 4.69) is 15.7 Å². The molecule has 1 heterocycles. The topological polar surface area (TPSA) is 76.0 Å². The maximum Gasteiger partial charge on any atom is 0.323 e. The molecular formula is C18H14F2N4O2. The summed E-state index contributed by atoms with van der Waals surface area (Å²) in [5, 5.41) is 9.14. The zero-order chi connectivity index (χ0) is 18.7. The van der Waals surface area contributed by atoms with E-state index < -0.39 is 17.7 Å². The first-order valence-electron chi connectivity index (χ1n) is 7.60. The molecule has 0 atom stereocenters. The second kappa shape index (κ2) is 7.14. The minimum Gasteiger partial charge on any atom is -0.308 e. The molecular weight excluding hydrogens is 342 g/mol. The summed E-state index contributed by atoms with van der Waals surface area (Å²) in [6.45, 7) is 0. The van der Waals surface area contributed by atoms with Gasteiger partial charge >= 0.3 is 6.03 Å². The standard InChI is InChI=1S/C18H14F2N4O2/c1-24-17(25)9-8-16(23-24)11-2-4-12(5-3-11)21-18(26)22-13-6-7-14(19)15(20)10-13/h2-10H,1H3,(H2,21,22,26). The van der Waals surface area contributed by atoms with Crippen LogP contribution in [0.1, 0.15) is 0 Å². The smallest absolute Gasteiger partial charge is 0.308 e. The average molecular weight is 356 g/mol. The number of aromatic nitrogens is 2. The van der Waals surface area contributed by atoms with Gasteiger partial charge in [0.2, 0.25) is 0 Å². The van der Waals surface area contributed by atoms with Crippen molar-refractivity contribution in [3.05, 3.63) is 76.6 Å². The van der Waals surface area contributed by atoms with E-state index in [-0.39, 0.29) is 11.2 Å². The quantitative estimate of drug-likeness (QED) is 0.755. The second-order valence-corrected chi connectivity index (χ2v) is 5.47. The third-order valence-corrected chi connectivity index (χ3v) is 3.58. The molecule has 0 fully saturated rings. The zero-order valence-electron chi connectivity index (χ0n) is 13.7. The fourth-order valence-corrected chi connectivity index (χ4v) is 2.25. The molecule has 0 unspecified atom stereocenters. The van der Waals surface area contributed by atoms with Crippen LogP contribution in [0.15, 0.2) is 59.4 Å². The van der Waals surface area contributed by atoms with Gasteiger partial charge in [0.25, 0.3) is 5.56 Å². The molecule has 2 aromatic carbocycles. The van der Waals surface area contributed by atoms with Crippen molar-refractivity contribution < 1.29 is 13.6 Å². The number of urea groups is 1. The van der Waals surface area contributed by atoms with Gasteiger partial charge in [-0.25, -0.2) is 18.3 Å². The van der Waals surface area contributed by atoms with Crippen molar-refractivity contribution in [2.24, 2.45) is 7.05 Å². The molecule has 3 aromatic rings. The molecule has 0 bridgehead atoms. The van der Waals surface area contributed by atoms with Crippen molar-refractivity contribution in [1.82, 2.24) is 9.78 Å². The number of carbonyl (C=O) groups excluding carboxylic acids is 1. The predicted octanol–water partition coefficient (Wildman–Crippen LogP) is 3.37. The fraction of sp³-hybridized carbons (Fsp3) is 0.0556. The summed E-state index contributed by atoms with van der Waals surface area (Å²) in [6.07, 6.45) is 0. The molecule has 0 aliphatic rings. The van der Waals surface area contributed by atoms with Crippen molar-refractivity contribution in [1.29, 1.82) is 0 Å². The number of hydrogen-bond acceptors (Lipinski definition) is 3. The van der Waals surface area contributed by atoms with Crippen LogP contribution in [0.2, 0.25) is 0 Å². The van der Waals surface area contributed by atoms with E-state index in [0.717, 1.165) is 17.7 Å². The third kappa shape index (κ3) is 3.92. The highest BCUT2D eigenvalue weighted by Crippen LogP contribution is 2.19. The number of nitrogens with zero attached hydrogens (tertiary/aromatic N) is 2. The minimum atomic E-state index is -1.04. The normalized spacial score (nSPS) is 10.4. The summed E-state index contributed by atoms with van der Waals surface area (Å²) in [6, 6.07) is 12.3. The van der Waals surface area contributed by atoms with Crippen LogP contribution >= 0.6 is 0 Å². The number of benzene rings is 2. The van der Waals surface area contributed by atoms with E-state index in [1.807, 2.05) is 0 Å². The third-order valence-electron chi connectivity index (χ3n) is 3.58. The summed E-state index contributed by atoms with van der Waals surface area (Å²) in [4.78, 5) is 23.3. The number of aryl methyl sites for hydroxylation is 1. The summed E-state index contributed by atoms with van der Waals surface area (Å²) in [5.74, 6) is -2.03. The molecule has 1 aromatic heterocycles. The fourth-order valence-electron chi connectivity index (χ4n) is 2.25. The van der Waals surface area contributed by atoms with Crippen LogP contribution in [0, 0.1) is 11.6 Å². The first kappa shape index (κ1) is 17.3. The van der Waals surface area contributed by atoms with Crippen molar-refractivity contribution in [3.8, 4) is 11.3 Å². The van der Waals surface area contributed by atoms with Gasteiger partial charge in [-0.3, -0.25) is 4.79 Å². The molecule has 0 spiro atoms. The summed E-state index contributed by atoms with van der Waals surface area (Å²) in [7, 11) is 1.56. The Morgan fingerprint density at radius 1 is 0.923 bits per heavy atom. The van der Waals surface area contributed by atoms with Gasteiger partial charge < -0.3 is 10.6 Å². The van der Waals surface area contributed by atoms with E-state index in [9.17, 15) is 18.4 Å². The molecule has 2 N–H and O–H groups in total. The van der Waals surface area contributed by atoms with Gasteiger partial charge in [-0.15, -0.1) is 0 Å². The molecule has 0 aliphatic carbocycles. The molecule has 8 heteroatoms. The Morgan fingerprint density at radius 2 is 1.58 bits per heavy atom. The number of anilines is 2. The average Bonchev–Trinajstić information content (AvgIpc) is 2.61. The van der Waals surface area contributed by atoms with Crippen LogP contribution in [-0.2, 0) is 7.05 Å². The van der Waals surface area contributed by atoms with Crippen LogP contribution in [0.3, 0.4) is 0 Å². The van der Waals surface area contributed by atoms with Gasteiger partial charge in [0, 0.05) is 36.1 Å². The Labute approximate surface area is 147 Å². The first-order valence-corrected chi connectivity index (χ1v) is 7.60. The number of hydrogen-bond donors (Lipinski definition) is 2. The van der Waals surface area contributed by atoms with Gasteiger partial charge in [0.15, 0.2) is 11.6 Å². The Kier molecular flexibility index (Phi) is 4.74. The highest BCUT2D eigenvalue weighted by atomic mass is 19.2. The van der Waals surface area contributed by atoms with E-state index in [4.69, 9.17) is 0 Å². The number of rotatable bonds is 3. The van der Waals surface area contributed by atoms with Crippen molar-refractivity contribution in [3.63, 3.8) is 0 Å². The molecule has 0 saturated heterocycles. The van der Waals surface area contributed by atoms with E-state index in [1.165, 1.54) is 16.8 Å². The lowest BCUT2D eigenvalue weighted by molar-refractivity contribution is 0.262. The van der Waals surface area contributed by atoms with E-state index >= 15 is 0 Å².